The molecule has 1 saturated carbocycles. The summed E-state index contributed by atoms with van der Waals surface area (Å²) in [5, 5.41) is 3.74. The summed E-state index contributed by atoms with van der Waals surface area (Å²) in [5.74, 6) is 0. The minimum atomic E-state index is 0.786. The molecule has 2 aliphatic rings. The lowest BCUT2D eigenvalue weighted by Crippen LogP contribution is -2.47. The Morgan fingerprint density at radius 1 is 1.18 bits per heavy atom. The molecule has 0 spiro atoms. The first-order valence-corrected chi connectivity index (χ1v) is 7.80. The molecule has 2 atom stereocenters. The number of rotatable bonds is 6. The number of hydrogen-bond acceptors (Lipinski definition) is 2. The molecule has 0 aromatic rings. The van der Waals surface area contributed by atoms with Crippen molar-refractivity contribution in [3.8, 4) is 0 Å². The van der Waals surface area contributed by atoms with Gasteiger partial charge in [-0.15, -0.1) is 0 Å². The van der Waals surface area contributed by atoms with Gasteiger partial charge in [-0.1, -0.05) is 26.2 Å². The summed E-state index contributed by atoms with van der Waals surface area (Å²) >= 11 is 0. The zero-order valence-electron chi connectivity index (χ0n) is 11.8. The molecule has 2 fully saturated rings. The molecule has 1 saturated heterocycles. The van der Waals surface area contributed by atoms with E-state index in [1.807, 2.05) is 0 Å². The van der Waals surface area contributed by atoms with Gasteiger partial charge in [0.15, 0.2) is 0 Å². The van der Waals surface area contributed by atoms with Crippen LogP contribution in [0.15, 0.2) is 0 Å². The largest absolute Gasteiger partial charge is 0.312 e. The van der Waals surface area contributed by atoms with Gasteiger partial charge in [-0.25, -0.2) is 0 Å². The first-order valence-electron chi connectivity index (χ1n) is 7.80. The number of nitrogens with one attached hydrogen (secondary N) is 1. The Labute approximate surface area is 107 Å². The molecule has 0 aromatic carbocycles. The average Bonchev–Trinajstić information content (AvgIpc) is 3.13. The van der Waals surface area contributed by atoms with E-state index >= 15 is 0 Å². The molecule has 0 amide bonds. The van der Waals surface area contributed by atoms with E-state index in [0.29, 0.717) is 0 Å². The predicted molar refractivity (Wildman–Crippen MR) is 74.4 cm³/mol. The van der Waals surface area contributed by atoms with Crippen molar-refractivity contribution < 1.29 is 0 Å². The van der Waals surface area contributed by atoms with E-state index in [1.54, 1.807) is 0 Å². The molecule has 1 heterocycles. The maximum absolute atomic E-state index is 3.74. The molecule has 2 rings (SSSR count). The molecular formula is C15H30N2. The van der Waals surface area contributed by atoms with Gasteiger partial charge in [0.1, 0.15) is 0 Å². The summed E-state index contributed by atoms with van der Waals surface area (Å²) in [6.45, 7) is 7.32. The Hall–Kier alpha value is -0.0800. The van der Waals surface area contributed by atoms with Crippen molar-refractivity contribution in [2.24, 2.45) is 0 Å². The van der Waals surface area contributed by atoms with Crippen molar-refractivity contribution in [2.75, 3.05) is 13.1 Å². The third-order valence-electron chi connectivity index (χ3n) is 4.41. The minimum absolute atomic E-state index is 0.786. The van der Waals surface area contributed by atoms with Crippen molar-refractivity contribution in [2.45, 2.75) is 83.3 Å². The van der Waals surface area contributed by atoms with Gasteiger partial charge in [0.05, 0.1) is 0 Å². The fraction of sp³-hybridized carbons (Fsp3) is 1.00. The van der Waals surface area contributed by atoms with Gasteiger partial charge >= 0.3 is 0 Å². The number of nitrogens with zero attached hydrogens (tertiary/aromatic N) is 1. The smallest absolute Gasteiger partial charge is 0.0223 e. The molecule has 0 radical (unpaired) electrons. The number of hydrogen-bond donors (Lipinski definition) is 1. The van der Waals surface area contributed by atoms with Gasteiger partial charge in [0.25, 0.3) is 0 Å². The quantitative estimate of drug-likeness (QED) is 0.764. The van der Waals surface area contributed by atoms with Crippen molar-refractivity contribution in [1.82, 2.24) is 10.2 Å². The van der Waals surface area contributed by atoms with Gasteiger partial charge in [-0.3, -0.25) is 4.90 Å². The molecule has 1 N–H and O–H groups in total. The van der Waals surface area contributed by atoms with Crippen LogP contribution in [0.4, 0.5) is 0 Å². The maximum atomic E-state index is 3.74. The van der Waals surface area contributed by atoms with Crippen LogP contribution in [0, 0.1) is 0 Å². The van der Waals surface area contributed by atoms with Crippen LogP contribution in [-0.2, 0) is 0 Å². The van der Waals surface area contributed by atoms with Crippen molar-refractivity contribution in [1.29, 1.82) is 0 Å². The van der Waals surface area contributed by atoms with Crippen LogP contribution in [0.25, 0.3) is 0 Å². The summed E-state index contributed by atoms with van der Waals surface area (Å²) in [7, 11) is 0. The van der Waals surface area contributed by atoms with Crippen LogP contribution in [0.5, 0.6) is 0 Å². The molecule has 1 aliphatic carbocycles. The predicted octanol–water partition coefficient (Wildman–Crippen LogP) is 3.17. The van der Waals surface area contributed by atoms with E-state index in [0.717, 1.165) is 18.1 Å². The van der Waals surface area contributed by atoms with E-state index < -0.39 is 0 Å². The standard InChI is InChI=1S/C15H30N2/c1-3-7-15(12-16-14-9-10-14)17-11-6-4-5-8-13(17)2/h13-16H,3-12H2,1-2H3. The molecule has 2 nitrogen and oxygen atoms in total. The SMILES string of the molecule is CCCC(CNC1CC1)N1CCCCCC1C. The summed E-state index contributed by atoms with van der Waals surface area (Å²) in [5.41, 5.74) is 0. The minimum Gasteiger partial charge on any atom is -0.312 e. The topological polar surface area (TPSA) is 15.3 Å². The van der Waals surface area contributed by atoms with E-state index in [4.69, 9.17) is 0 Å². The molecule has 2 heteroatoms. The fourth-order valence-electron chi connectivity index (χ4n) is 3.15. The molecule has 17 heavy (non-hydrogen) atoms. The van der Waals surface area contributed by atoms with Crippen LogP contribution < -0.4 is 5.32 Å². The number of likely N-dealkylation sites (tertiary alicyclic amines) is 1. The first kappa shape index (κ1) is 13.4. The zero-order chi connectivity index (χ0) is 12.1. The third-order valence-corrected chi connectivity index (χ3v) is 4.41. The first-order chi connectivity index (χ1) is 8.31. The van der Waals surface area contributed by atoms with Crippen LogP contribution in [0.2, 0.25) is 0 Å². The Kier molecular flexibility index (Phi) is 5.30. The summed E-state index contributed by atoms with van der Waals surface area (Å²) in [6.07, 6.45) is 11.2. The Bertz CT molecular complexity index is 213. The summed E-state index contributed by atoms with van der Waals surface area (Å²) in [6, 6.07) is 2.44. The Morgan fingerprint density at radius 3 is 2.71 bits per heavy atom. The second-order valence-electron chi connectivity index (χ2n) is 6.06. The second kappa shape index (κ2) is 6.75. The van der Waals surface area contributed by atoms with E-state index in [9.17, 15) is 0 Å². The van der Waals surface area contributed by atoms with Gasteiger partial charge in [0.2, 0.25) is 0 Å². The molecule has 0 aromatic heterocycles. The van der Waals surface area contributed by atoms with E-state index in [1.165, 1.54) is 64.5 Å². The van der Waals surface area contributed by atoms with Gasteiger partial charge in [0, 0.05) is 24.7 Å². The lowest BCUT2D eigenvalue weighted by Gasteiger charge is -2.35. The zero-order valence-corrected chi connectivity index (χ0v) is 11.8. The molecule has 2 unspecified atom stereocenters. The van der Waals surface area contributed by atoms with Crippen molar-refractivity contribution >= 4 is 0 Å². The van der Waals surface area contributed by atoms with Crippen LogP contribution in [-0.4, -0.2) is 36.1 Å². The third kappa shape index (κ3) is 4.26. The monoisotopic (exact) mass is 238 g/mol. The van der Waals surface area contributed by atoms with Crippen LogP contribution in [0.3, 0.4) is 0 Å². The Morgan fingerprint density at radius 2 is 2.00 bits per heavy atom. The molecular weight excluding hydrogens is 208 g/mol. The summed E-state index contributed by atoms with van der Waals surface area (Å²) in [4.78, 5) is 2.80. The van der Waals surface area contributed by atoms with Gasteiger partial charge in [-0.2, -0.15) is 0 Å². The highest BCUT2D eigenvalue weighted by atomic mass is 15.2. The Balaban J connectivity index is 1.86. The molecule has 0 bridgehead atoms. The highest BCUT2D eigenvalue weighted by molar-refractivity contribution is 4.86. The van der Waals surface area contributed by atoms with Crippen LogP contribution >= 0.6 is 0 Å². The lowest BCUT2D eigenvalue weighted by atomic mass is 10.1. The maximum Gasteiger partial charge on any atom is 0.0223 e. The molecule has 100 valence electrons. The van der Waals surface area contributed by atoms with E-state index in [2.05, 4.69) is 24.1 Å². The normalized spacial score (nSPS) is 28.9. The molecule has 1 aliphatic heterocycles. The van der Waals surface area contributed by atoms with Gasteiger partial charge in [-0.05, 0) is 45.6 Å². The van der Waals surface area contributed by atoms with Crippen molar-refractivity contribution in [3.63, 3.8) is 0 Å². The van der Waals surface area contributed by atoms with Crippen molar-refractivity contribution in [3.05, 3.63) is 0 Å². The fourth-order valence-corrected chi connectivity index (χ4v) is 3.15. The van der Waals surface area contributed by atoms with Gasteiger partial charge < -0.3 is 5.32 Å². The second-order valence-corrected chi connectivity index (χ2v) is 6.06. The van der Waals surface area contributed by atoms with Crippen LogP contribution in [0.1, 0.15) is 65.2 Å². The highest BCUT2D eigenvalue weighted by Gasteiger charge is 2.27. The average molecular weight is 238 g/mol. The lowest BCUT2D eigenvalue weighted by molar-refractivity contribution is 0.135. The summed E-state index contributed by atoms with van der Waals surface area (Å²) < 4.78 is 0. The highest BCUT2D eigenvalue weighted by Crippen LogP contribution is 2.23. The van der Waals surface area contributed by atoms with E-state index in [-0.39, 0.29) is 0 Å².